The van der Waals surface area contributed by atoms with E-state index in [1.54, 1.807) is 6.07 Å². The van der Waals surface area contributed by atoms with Crippen LogP contribution in [0.15, 0.2) is 18.2 Å². The van der Waals surface area contributed by atoms with Gasteiger partial charge in [0, 0.05) is 10.7 Å². The quantitative estimate of drug-likeness (QED) is 0.517. The molecule has 0 amide bonds. The third-order valence-corrected chi connectivity index (χ3v) is 1.65. The molecular formula is C8H9ClN2. The van der Waals surface area contributed by atoms with Gasteiger partial charge in [-0.25, -0.2) is 0 Å². The number of aryl methyl sites for hydroxylation is 1. The molecule has 11 heavy (non-hydrogen) atoms. The molecule has 0 aromatic heterocycles. The molecule has 1 rings (SSSR count). The van der Waals surface area contributed by atoms with E-state index in [2.05, 4.69) is 5.32 Å². The van der Waals surface area contributed by atoms with E-state index in [1.165, 1.54) is 0 Å². The van der Waals surface area contributed by atoms with Gasteiger partial charge in [0.1, 0.15) is 0 Å². The number of anilines is 1. The number of rotatable bonds is 2. The molecule has 0 saturated carbocycles. The highest BCUT2D eigenvalue weighted by molar-refractivity contribution is 6.30. The van der Waals surface area contributed by atoms with Gasteiger partial charge < -0.3 is 5.32 Å². The van der Waals surface area contributed by atoms with Crippen molar-refractivity contribution in [3.63, 3.8) is 0 Å². The Kier molecular flexibility index (Phi) is 2.49. The second kappa shape index (κ2) is 3.39. The van der Waals surface area contributed by atoms with Crippen LogP contribution in [0.5, 0.6) is 0 Å². The average molecular weight is 169 g/mol. The fraction of sp³-hybridized carbons (Fsp3) is 0.125. The van der Waals surface area contributed by atoms with Gasteiger partial charge >= 0.3 is 0 Å². The molecule has 0 unspecified atom stereocenters. The van der Waals surface area contributed by atoms with Crippen molar-refractivity contribution < 1.29 is 0 Å². The van der Waals surface area contributed by atoms with Crippen molar-refractivity contribution in [2.24, 2.45) is 0 Å². The Morgan fingerprint density at radius 1 is 1.55 bits per heavy atom. The summed E-state index contributed by atoms with van der Waals surface area (Å²) in [6.07, 6.45) is 1.15. The summed E-state index contributed by atoms with van der Waals surface area (Å²) in [5, 5.41) is 10.3. The minimum Gasteiger partial charge on any atom is -0.347 e. The molecule has 0 spiro atoms. The normalized spacial score (nSPS) is 9.27. The Morgan fingerprint density at radius 3 is 2.82 bits per heavy atom. The van der Waals surface area contributed by atoms with E-state index < -0.39 is 0 Å². The Hall–Kier alpha value is -1.02. The summed E-state index contributed by atoms with van der Waals surface area (Å²) in [4.78, 5) is 0. The van der Waals surface area contributed by atoms with E-state index in [9.17, 15) is 0 Å². The Labute approximate surface area is 70.7 Å². The van der Waals surface area contributed by atoms with Gasteiger partial charge in [0.15, 0.2) is 0 Å². The maximum absolute atomic E-state index is 6.82. The van der Waals surface area contributed by atoms with Gasteiger partial charge in [0.25, 0.3) is 0 Å². The highest BCUT2D eigenvalue weighted by Gasteiger charge is 1.95. The van der Waals surface area contributed by atoms with Crippen LogP contribution in [0.3, 0.4) is 0 Å². The molecular weight excluding hydrogens is 160 g/mol. The van der Waals surface area contributed by atoms with Gasteiger partial charge in [-0.2, -0.15) is 0 Å². The van der Waals surface area contributed by atoms with Crippen molar-refractivity contribution in [1.29, 1.82) is 5.41 Å². The molecule has 0 radical (unpaired) electrons. The van der Waals surface area contributed by atoms with Gasteiger partial charge in [-0.15, -0.1) is 0 Å². The van der Waals surface area contributed by atoms with E-state index in [1.807, 2.05) is 19.1 Å². The zero-order valence-electron chi connectivity index (χ0n) is 6.19. The van der Waals surface area contributed by atoms with E-state index in [0.717, 1.165) is 22.6 Å². The summed E-state index contributed by atoms with van der Waals surface area (Å²) in [6, 6.07) is 5.50. The summed E-state index contributed by atoms with van der Waals surface area (Å²) >= 11 is 5.73. The van der Waals surface area contributed by atoms with Crippen molar-refractivity contribution in [2.45, 2.75) is 6.92 Å². The fourth-order valence-corrected chi connectivity index (χ4v) is 1.09. The van der Waals surface area contributed by atoms with Crippen molar-refractivity contribution in [1.82, 2.24) is 0 Å². The minimum absolute atomic E-state index is 0.720. The number of benzene rings is 1. The first-order valence-electron chi connectivity index (χ1n) is 3.25. The zero-order valence-corrected chi connectivity index (χ0v) is 6.94. The van der Waals surface area contributed by atoms with E-state index >= 15 is 0 Å². The molecule has 0 saturated heterocycles. The monoisotopic (exact) mass is 168 g/mol. The lowest BCUT2D eigenvalue weighted by molar-refractivity contribution is 1.44. The molecule has 58 valence electrons. The number of halogens is 1. The Bertz CT molecular complexity index is 271. The van der Waals surface area contributed by atoms with E-state index in [-0.39, 0.29) is 0 Å². The molecule has 1 aromatic carbocycles. The van der Waals surface area contributed by atoms with Crippen LogP contribution in [0.2, 0.25) is 5.02 Å². The first kappa shape index (κ1) is 8.08. The van der Waals surface area contributed by atoms with E-state index in [0.29, 0.717) is 0 Å². The molecule has 3 heteroatoms. The predicted molar refractivity (Wildman–Crippen MR) is 48.6 cm³/mol. The third kappa shape index (κ3) is 1.95. The molecule has 0 aliphatic rings. The smallest absolute Gasteiger partial charge is 0.0835 e. The molecule has 2 N–H and O–H groups in total. The van der Waals surface area contributed by atoms with Crippen molar-refractivity contribution >= 4 is 23.6 Å². The summed E-state index contributed by atoms with van der Waals surface area (Å²) in [5.41, 5.74) is 1.96. The average Bonchev–Trinajstić information content (AvgIpc) is 1.95. The van der Waals surface area contributed by atoms with Gasteiger partial charge in [0.2, 0.25) is 0 Å². The van der Waals surface area contributed by atoms with Gasteiger partial charge in [-0.05, 0) is 30.7 Å². The fourth-order valence-electron chi connectivity index (χ4n) is 0.867. The predicted octanol–water partition coefficient (Wildman–Crippen LogP) is 2.67. The first-order valence-corrected chi connectivity index (χ1v) is 3.63. The molecule has 0 aliphatic carbocycles. The van der Waals surface area contributed by atoms with Crippen LogP contribution >= 0.6 is 11.6 Å². The van der Waals surface area contributed by atoms with Crippen LogP contribution in [-0.2, 0) is 0 Å². The van der Waals surface area contributed by atoms with Gasteiger partial charge in [-0.1, -0.05) is 11.6 Å². The summed E-state index contributed by atoms with van der Waals surface area (Å²) < 4.78 is 0. The van der Waals surface area contributed by atoms with Crippen molar-refractivity contribution in [2.75, 3.05) is 5.32 Å². The number of hydrogen-bond acceptors (Lipinski definition) is 1. The van der Waals surface area contributed by atoms with E-state index in [4.69, 9.17) is 17.0 Å². The SMILES string of the molecule is Cc1cc(Cl)ccc1NC=N. The molecule has 0 bridgehead atoms. The second-order valence-corrected chi connectivity index (χ2v) is 2.68. The van der Waals surface area contributed by atoms with Crippen molar-refractivity contribution in [3.8, 4) is 0 Å². The topological polar surface area (TPSA) is 35.9 Å². The molecule has 0 heterocycles. The Morgan fingerprint density at radius 2 is 2.27 bits per heavy atom. The maximum Gasteiger partial charge on any atom is 0.0835 e. The Balaban J connectivity index is 2.98. The molecule has 0 aliphatic heterocycles. The van der Waals surface area contributed by atoms with Crippen LogP contribution in [-0.4, -0.2) is 6.34 Å². The summed E-state index contributed by atoms with van der Waals surface area (Å²) in [5.74, 6) is 0. The van der Waals surface area contributed by atoms with Crippen LogP contribution in [0, 0.1) is 12.3 Å². The third-order valence-electron chi connectivity index (χ3n) is 1.42. The highest BCUT2D eigenvalue weighted by atomic mass is 35.5. The van der Waals surface area contributed by atoms with Crippen LogP contribution < -0.4 is 5.32 Å². The summed E-state index contributed by atoms with van der Waals surface area (Å²) in [7, 11) is 0. The van der Waals surface area contributed by atoms with Gasteiger partial charge in [-0.3, -0.25) is 5.41 Å². The van der Waals surface area contributed by atoms with Crippen LogP contribution in [0.1, 0.15) is 5.56 Å². The lowest BCUT2D eigenvalue weighted by atomic mass is 10.2. The molecule has 1 aromatic rings. The lowest BCUT2D eigenvalue weighted by Gasteiger charge is -2.03. The number of nitrogens with one attached hydrogen (secondary N) is 2. The van der Waals surface area contributed by atoms with Crippen LogP contribution in [0.25, 0.3) is 0 Å². The maximum atomic E-state index is 6.82. The zero-order chi connectivity index (χ0) is 8.27. The minimum atomic E-state index is 0.720. The standard InChI is InChI=1S/C8H9ClN2/c1-6-4-7(9)2-3-8(6)11-5-10/h2-5H,1H3,(H2,10,11). The number of hydrogen-bond donors (Lipinski definition) is 2. The lowest BCUT2D eigenvalue weighted by Crippen LogP contribution is -1.94. The van der Waals surface area contributed by atoms with Crippen molar-refractivity contribution in [3.05, 3.63) is 28.8 Å². The molecule has 2 nitrogen and oxygen atoms in total. The summed E-state index contributed by atoms with van der Waals surface area (Å²) in [6.45, 7) is 1.94. The molecule has 0 fully saturated rings. The molecule has 0 atom stereocenters. The second-order valence-electron chi connectivity index (χ2n) is 2.25. The first-order chi connectivity index (χ1) is 5.24. The van der Waals surface area contributed by atoms with Gasteiger partial charge in [0.05, 0.1) is 6.34 Å². The van der Waals surface area contributed by atoms with Crippen LogP contribution in [0.4, 0.5) is 5.69 Å². The highest BCUT2D eigenvalue weighted by Crippen LogP contribution is 2.18. The largest absolute Gasteiger partial charge is 0.347 e.